The molecule has 0 aliphatic carbocycles. The van der Waals surface area contributed by atoms with E-state index in [4.69, 9.17) is 0 Å². The van der Waals surface area contributed by atoms with E-state index in [9.17, 15) is 18.0 Å². The van der Waals surface area contributed by atoms with Crippen LogP contribution >= 0.6 is 0 Å². The molecule has 0 spiro atoms. The Morgan fingerprint density at radius 1 is 1.42 bits per heavy atom. The van der Waals surface area contributed by atoms with Crippen LogP contribution in [0, 0.1) is 5.92 Å². The van der Waals surface area contributed by atoms with Gasteiger partial charge in [-0.15, -0.1) is 0 Å². The number of carbonyl (C=O) groups is 1. The SMILES string of the molecule is CCN(C)CCNC(=O)C1CCC(C(F)(F)F)CN1. The summed E-state index contributed by atoms with van der Waals surface area (Å²) in [6.07, 6.45) is -3.92. The Balaban J connectivity index is 2.25. The Morgan fingerprint density at radius 2 is 2.11 bits per heavy atom. The maximum Gasteiger partial charge on any atom is 0.393 e. The number of carbonyl (C=O) groups excluding carboxylic acids is 1. The van der Waals surface area contributed by atoms with Crippen LogP contribution in [0.5, 0.6) is 0 Å². The molecule has 1 fully saturated rings. The van der Waals surface area contributed by atoms with E-state index in [1.165, 1.54) is 0 Å². The predicted molar refractivity (Wildman–Crippen MR) is 66.8 cm³/mol. The van der Waals surface area contributed by atoms with E-state index in [1.54, 1.807) is 0 Å². The summed E-state index contributed by atoms with van der Waals surface area (Å²) in [5, 5.41) is 5.43. The average Bonchev–Trinajstić information content (AvgIpc) is 2.37. The van der Waals surface area contributed by atoms with Crippen LogP contribution in [0.25, 0.3) is 0 Å². The third-order valence-corrected chi connectivity index (χ3v) is 3.53. The quantitative estimate of drug-likeness (QED) is 0.790. The lowest BCUT2D eigenvalue weighted by atomic mass is 9.94. The lowest BCUT2D eigenvalue weighted by Crippen LogP contribution is -2.52. The van der Waals surface area contributed by atoms with Crippen molar-refractivity contribution < 1.29 is 18.0 Å². The molecule has 1 aliphatic heterocycles. The largest absolute Gasteiger partial charge is 0.393 e. The number of piperidine rings is 1. The number of hydrogen-bond donors (Lipinski definition) is 2. The molecule has 2 N–H and O–H groups in total. The lowest BCUT2D eigenvalue weighted by molar-refractivity contribution is -0.180. The number of nitrogens with zero attached hydrogens (tertiary/aromatic N) is 1. The minimum atomic E-state index is -4.17. The van der Waals surface area contributed by atoms with E-state index >= 15 is 0 Å². The maximum absolute atomic E-state index is 12.5. The van der Waals surface area contributed by atoms with Crippen LogP contribution in [-0.4, -0.2) is 56.3 Å². The average molecular weight is 281 g/mol. The van der Waals surface area contributed by atoms with Gasteiger partial charge in [0.15, 0.2) is 0 Å². The molecular formula is C12H22F3N3O. The van der Waals surface area contributed by atoms with Crippen LogP contribution in [0.4, 0.5) is 13.2 Å². The van der Waals surface area contributed by atoms with Gasteiger partial charge in [-0.25, -0.2) is 0 Å². The summed E-state index contributed by atoms with van der Waals surface area (Å²) in [5.74, 6) is -1.53. The van der Waals surface area contributed by atoms with Crippen LogP contribution in [0.3, 0.4) is 0 Å². The van der Waals surface area contributed by atoms with Gasteiger partial charge in [0.2, 0.25) is 5.91 Å². The fourth-order valence-corrected chi connectivity index (χ4v) is 2.01. The van der Waals surface area contributed by atoms with Crippen molar-refractivity contribution in [2.75, 3.05) is 33.2 Å². The molecule has 112 valence electrons. The third kappa shape index (κ3) is 5.36. The van der Waals surface area contributed by atoms with Crippen LogP contribution in [0.1, 0.15) is 19.8 Å². The van der Waals surface area contributed by atoms with Gasteiger partial charge in [-0.1, -0.05) is 6.92 Å². The molecule has 1 rings (SSSR count). The zero-order valence-corrected chi connectivity index (χ0v) is 11.4. The number of likely N-dealkylation sites (N-methyl/N-ethyl adjacent to an activating group) is 1. The summed E-state index contributed by atoms with van der Waals surface area (Å²) in [6, 6.07) is -0.495. The van der Waals surface area contributed by atoms with E-state index in [0.29, 0.717) is 6.54 Å². The molecule has 0 saturated carbocycles. The molecule has 1 saturated heterocycles. The van der Waals surface area contributed by atoms with Crippen LogP contribution in [-0.2, 0) is 4.79 Å². The van der Waals surface area contributed by atoms with E-state index in [0.717, 1.165) is 13.1 Å². The zero-order valence-electron chi connectivity index (χ0n) is 11.4. The van der Waals surface area contributed by atoms with Crippen molar-refractivity contribution in [1.29, 1.82) is 0 Å². The highest BCUT2D eigenvalue weighted by Crippen LogP contribution is 2.31. The molecule has 1 heterocycles. The Labute approximate surface area is 111 Å². The lowest BCUT2D eigenvalue weighted by Gasteiger charge is -2.30. The van der Waals surface area contributed by atoms with Gasteiger partial charge in [-0.2, -0.15) is 13.2 Å². The van der Waals surface area contributed by atoms with Crippen molar-refractivity contribution in [1.82, 2.24) is 15.5 Å². The van der Waals surface area contributed by atoms with E-state index in [1.807, 2.05) is 18.9 Å². The molecule has 1 amide bonds. The minimum Gasteiger partial charge on any atom is -0.353 e. The Morgan fingerprint density at radius 3 is 2.58 bits per heavy atom. The molecule has 4 nitrogen and oxygen atoms in total. The first-order valence-corrected chi connectivity index (χ1v) is 6.61. The monoisotopic (exact) mass is 281 g/mol. The van der Waals surface area contributed by atoms with Crippen molar-refractivity contribution in [2.45, 2.75) is 32.0 Å². The van der Waals surface area contributed by atoms with Gasteiger partial charge >= 0.3 is 6.18 Å². The van der Waals surface area contributed by atoms with Gasteiger partial charge in [0.05, 0.1) is 12.0 Å². The topological polar surface area (TPSA) is 44.4 Å². The number of halogens is 3. The number of nitrogens with one attached hydrogen (secondary N) is 2. The fraction of sp³-hybridized carbons (Fsp3) is 0.917. The first-order chi connectivity index (χ1) is 8.84. The van der Waals surface area contributed by atoms with Crippen molar-refractivity contribution in [2.24, 2.45) is 5.92 Å². The zero-order chi connectivity index (χ0) is 14.5. The highest BCUT2D eigenvalue weighted by Gasteiger charge is 2.42. The van der Waals surface area contributed by atoms with Crippen molar-refractivity contribution in [3.8, 4) is 0 Å². The summed E-state index contributed by atoms with van der Waals surface area (Å²) >= 11 is 0. The normalized spacial score (nSPS) is 24.5. The Bertz CT molecular complexity index is 288. The van der Waals surface area contributed by atoms with Gasteiger partial charge < -0.3 is 15.5 Å². The van der Waals surface area contributed by atoms with Gasteiger partial charge in [0, 0.05) is 19.6 Å². The molecule has 2 unspecified atom stereocenters. The smallest absolute Gasteiger partial charge is 0.353 e. The molecule has 19 heavy (non-hydrogen) atoms. The van der Waals surface area contributed by atoms with E-state index < -0.39 is 18.1 Å². The summed E-state index contributed by atoms with van der Waals surface area (Å²) in [7, 11) is 1.94. The van der Waals surface area contributed by atoms with Gasteiger partial charge in [0.25, 0.3) is 0 Å². The van der Waals surface area contributed by atoms with Crippen LogP contribution in [0.15, 0.2) is 0 Å². The molecule has 0 aromatic rings. The summed E-state index contributed by atoms with van der Waals surface area (Å²) in [4.78, 5) is 13.8. The third-order valence-electron chi connectivity index (χ3n) is 3.53. The summed E-state index contributed by atoms with van der Waals surface area (Å²) in [5.41, 5.74) is 0. The van der Waals surface area contributed by atoms with Gasteiger partial charge in [-0.05, 0) is 26.4 Å². The molecular weight excluding hydrogens is 259 g/mol. The minimum absolute atomic E-state index is 0.0173. The van der Waals surface area contributed by atoms with Crippen molar-refractivity contribution >= 4 is 5.91 Å². The molecule has 2 atom stereocenters. The Hall–Kier alpha value is -0.820. The van der Waals surface area contributed by atoms with Gasteiger partial charge in [-0.3, -0.25) is 4.79 Å². The van der Waals surface area contributed by atoms with Crippen molar-refractivity contribution in [3.63, 3.8) is 0 Å². The fourth-order valence-electron chi connectivity index (χ4n) is 2.01. The second kappa shape index (κ2) is 7.09. The molecule has 0 aromatic heterocycles. The second-order valence-electron chi connectivity index (χ2n) is 4.96. The van der Waals surface area contributed by atoms with Crippen LogP contribution in [0.2, 0.25) is 0 Å². The molecule has 1 aliphatic rings. The highest BCUT2D eigenvalue weighted by atomic mass is 19.4. The first kappa shape index (κ1) is 16.2. The summed E-state index contributed by atoms with van der Waals surface area (Å²) < 4.78 is 37.4. The van der Waals surface area contributed by atoms with Gasteiger partial charge in [0.1, 0.15) is 0 Å². The molecule has 7 heteroatoms. The predicted octanol–water partition coefficient (Wildman–Crippen LogP) is 0.985. The number of hydrogen-bond acceptors (Lipinski definition) is 3. The van der Waals surface area contributed by atoms with E-state index in [-0.39, 0.29) is 25.3 Å². The number of alkyl halides is 3. The highest BCUT2D eigenvalue weighted by molar-refractivity contribution is 5.81. The summed E-state index contributed by atoms with van der Waals surface area (Å²) in [6.45, 7) is 3.99. The number of rotatable bonds is 5. The van der Waals surface area contributed by atoms with E-state index in [2.05, 4.69) is 10.6 Å². The maximum atomic E-state index is 12.5. The van der Waals surface area contributed by atoms with Crippen LogP contribution < -0.4 is 10.6 Å². The second-order valence-corrected chi connectivity index (χ2v) is 4.96. The number of amides is 1. The first-order valence-electron chi connectivity index (χ1n) is 6.61. The van der Waals surface area contributed by atoms with Crippen molar-refractivity contribution in [3.05, 3.63) is 0 Å². The molecule has 0 radical (unpaired) electrons. The standard InChI is InChI=1S/C12H22F3N3O/c1-3-18(2)7-6-16-11(19)10-5-4-9(8-17-10)12(13,14)15/h9-10,17H,3-8H2,1-2H3,(H,16,19). The molecule has 0 aromatic carbocycles. The Kier molecular flexibility index (Phi) is 6.06. The molecule has 0 bridgehead atoms.